The van der Waals surface area contributed by atoms with Gasteiger partial charge in [0.1, 0.15) is 0 Å². The highest BCUT2D eigenvalue weighted by molar-refractivity contribution is 7.15. The molecule has 27 heavy (non-hydrogen) atoms. The van der Waals surface area contributed by atoms with Gasteiger partial charge in [0.25, 0.3) is 0 Å². The molecule has 2 aromatic rings. The number of benzene rings is 1. The second-order valence-corrected chi connectivity index (χ2v) is 8.14. The number of nitrogens with zero attached hydrogens (tertiary/aromatic N) is 3. The van der Waals surface area contributed by atoms with Gasteiger partial charge in [0.2, 0.25) is 0 Å². The number of likely N-dealkylation sites (tertiary alicyclic amines) is 1. The van der Waals surface area contributed by atoms with Gasteiger partial charge in [-0.05, 0) is 36.6 Å². The van der Waals surface area contributed by atoms with Crippen LogP contribution < -0.4 is 0 Å². The van der Waals surface area contributed by atoms with Gasteiger partial charge in [0.15, 0.2) is 0 Å². The fourth-order valence-corrected chi connectivity index (χ4v) is 4.29. The first kappa shape index (κ1) is 19.6. The number of rotatable bonds is 6. The summed E-state index contributed by atoms with van der Waals surface area (Å²) in [6.45, 7) is 2.15. The lowest BCUT2D eigenvalue weighted by Crippen LogP contribution is -2.48. The average molecular weight is 410 g/mol. The molecule has 1 amide bonds. The van der Waals surface area contributed by atoms with Gasteiger partial charge in [-0.1, -0.05) is 35.1 Å². The number of thiophene rings is 1. The van der Waals surface area contributed by atoms with E-state index in [0.717, 1.165) is 34.6 Å². The minimum atomic E-state index is -0.905. The minimum Gasteiger partial charge on any atom is -0.465 e. The van der Waals surface area contributed by atoms with Crippen LogP contribution in [0.1, 0.15) is 23.3 Å². The van der Waals surface area contributed by atoms with E-state index >= 15 is 0 Å². The molecule has 1 aromatic carbocycles. The van der Waals surface area contributed by atoms with E-state index < -0.39 is 6.09 Å². The number of nitro groups is 1. The Morgan fingerprint density at radius 3 is 2.67 bits per heavy atom. The summed E-state index contributed by atoms with van der Waals surface area (Å²) in [7, 11) is 0. The molecule has 1 N–H and O–H groups in total. The zero-order valence-electron chi connectivity index (χ0n) is 14.6. The lowest BCUT2D eigenvalue weighted by molar-refractivity contribution is -0.380. The average Bonchev–Trinajstić information content (AvgIpc) is 3.12. The van der Waals surface area contributed by atoms with E-state index in [-0.39, 0.29) is 16.0 Å². The first-order chi connectivity index (χ1) is 12.9. The van der Waals surface area contributed by atoms with Crippen LogP contribution in [-0.4, -0.2) is 45.1 Å². The molecule has 1 fully saturated rings. The molecule has 0 saturated carbocycles. The van der Waals surface area contributed by atoms with Crippen LogP contribution in [0, 0.1) is 10.1 Å². The lowest BCUT2D eigenvalue weighted by atomic mass is 10.0. The fourth-order valence-electron chi connectivity index (χ4n) is 3.31. The van der Waals surface area contributed by atoms with E-state index in [9.17, 15) is 20.0 Å². The molecular weight excluding hydrogens is 390 g/mol. The summed E-state index contributed by atoms with van der Waals surface area (Å²) >= 11 is 7.13. The van der Waals surface area contributed by atoms with Crippen molar-refractivity contribution in [1.29, 1.82) is 0 Å². The molecule has 1 atom stereocenters. The summed E-state index contributed by atoms with van der Waals surface area (Å²) in [5, 5.41) is 21.1. The van der Waals surface area contributed by atoms with E-state index in [1.165, 1.54) is 11.0 Å². The molecule has 1 aliphatic heterocycles. The molecule has 1 aromatic heterocycles. The second-order valence-electron chi connectivity index (χ2n) is 6.55. The summed E-state index contributed by atoms with van der Waals surface area (Å²) in [4.78, 5) is 26.5. The van der Waals surface area contributed by atoms with Crippen molar-refractivity contribution in [2.24, 2.45) is 0 Å². The van der Waals surface area contributed by atoms with Gasteiger partial charge < -0.3 is 10.0 Å². The van der Waals surface area contributed by atoms with Crippen molar-refractivity contribution in [1.82, 2.24) is 9.80 Å². The number of carboxylic acid groups (broad SMARTS) is 1. The van der Waals surface area contributed by atoms with Crippen molar-refractivity contribution in [3.8, 4) is 0 Å². The lowest BCUT2D eigenvalue weighted by Gasteiger charge is -2.38. The fraction of sp³-hybridized carbons (Fsp3) is 0.389. The summed E-state index contributed by atoms with van der Waals surface area (Å²) in [5.41, 5.74) is 1.07. The van der Waals surface area contributed by atoms with Crippen LogP contribution in [0.4, 0.5) is 9.80 Å². The topological polar surface area (TPSA) is 86.9 Å². The van der Waals surface area contributed by atoms with Gasteiger partial charge in [-0.25, -0.2) is 4.79 Å². The van der Waals surface area contributed by atoms with Gasteiger partial charge in [-0.3, -0.25) is 15.0 Å². The third-order valence-corrected chi connectivity index (χ3v) is 5.94. The highest BCUT2D eigenvalue weighted by Gasteiger charge is 2.28. The standard InChI is InChI=1S/C18H20ClN3O4S/c19-14-5-3-13(4-6-14)10-21(12-16-7-8-17(27-16)22(25)26)15-2-1-9-20(11-15)18(23)24/h3-8,15H,1-2,9-12H2,(H,23,24). The van der Waals surface area contributed by atoms with E-state index in [2.05, 4.69) is 4.90 Å². The first-order valence-electron chi connectivity index (χ1n) is 8.62. The van der Waals surface area contributed by atoms with E-state index in [1.807, 2.05) is 24.3 Å². The number of piperidine rings is 1. The number of amides is 1. The molecule has 2 heterocycles. The summed E-state index contributed by atoms with van der Waals surface area (Å²) in [5.74, 6) is 0. The monoisotopic (exact) mass is 409 g/mol. The third-order valence-electron chi connectivity index (χ3n) is 4.67. The molecule has 0 radical (unpaired) electrons. The maximum absolute atomic E-state index is 11.4. The van der Waals surface area contributed by atoms with Crippen LogP contribution in [0.25, 0.3) is 0 Å². The normalized spacial score (nSPS) is 17.3. The molecule has 1 unspecified atom stereocenters. The van der Waals surface area contributed by atoms with E-state index in [0.29, 0.717) is 31.2 Å². The van der Waals surface area contributed by atoms with Crippen molar-refractivity contribution >= 4 is 34.0 Å². The van der Waals surface area contributed by atoms with Crippen molar-refractivity contribution in [2.75, 3.05) is 13.1 Å². The molecule has 1 aliphatic rings. The summed E-state index contributed by atoms with van der Waals surface area (Å²) in [6.07, 6.45) is 0.793. The van der Waals surface area contributed by atoms with Crippen molar-refractivity contribution in [2.45, 2.75) is 32.0 Å². The van der Waals surface area contributed by atoms with Gasteiger partial charge in [0.05, 0.1) is 4.92 Å². The molecule has 144 valence electrons. The smallest absolute Gasteiger partial charge is 0.407 e. The summed E-state index contributed by atoms with van der Waals surface area (Å²) in [6, 6.07) is 10.9. The Kier molecular flexibility index (Phi) is 6.30. The van der Waals surface area contributed by atoms with Crippen molar-refractivity contribution < 1.29 is 14.8 Å². The predicted octanol–water partition coefficient (Wildman–Crippen LogP) is 4.45. The van der Waals surface area contributed by atoms with Crippen LogP contribution in [0.5, 0.6) is 0 Å². The van der Waals surface area contributed by atoms with Crippen molar-refractivity contribution in [3.63, 3.8) is 0 Å². The third kappa shape index (κ3) is 5.18. The van der Waals surface area contributed by atoms with Gasteiger partial charge in [-0.2, -0.15) is 0 Å². The molecule has 7 nitrogen and oxygen atoms in total. The maximum Gasteiger partial charge on any atom is 0.407 e. The summed E-state index contributed by atoms with van der Waals surface area (Å²) < 4.78 is 0. The molecule has 0 bridgehead atoms. The van der Waals surface area contributed by atoms with Gasteiger partial charge >= 0.3 is 11.1 Å². The highest BCUT2D eigenvalue weighted by atomic mass is 35.5. The van der Waals surface area contributed by atoms with Gasteiger partial charge in [-0.15, -0.1) is 0 Å². The number of halogens is 1. The Morgan fingerprint density at radius 2 is 2.04 bits per heavy atom. The molecule has 0 aliphatic carbocycles. The molecule has 9 heteroatoms. The number of hydrogen-bond donors (Lipinski definition) is 1. The SMILES string of the molecule is O=C(O)N1CCCC(N(Cc2ccc(Cl)cc2)Cc2ccc([N+](=O)[O-])s2)C1. The van der Waals surface area contributed by atoms with Crippen molar-refractivity contribution in [3.05, 3.63) is 62.0 Å². The molecule has 1 saturated heterocycles. The Bertz CT molecular complexity index is 811. The zero-order chi connectivity index (χ0) is 19.4. The Labute approximate surface area is 165 Å². The molecule has 0 spiro atoms. The quantitative estimate of drug-likeness (QED) is 0.562. The predicted molar refractivity (Wildman–Crippen MR) is 104 cm³/mol. The minimum absolute atomic E-state index is 0.0617. The zero-order valence-corrected chi connectivity index (χ0v) is 16.2. The Balaban J connectivity index is 1.79. The van der Waals surface area contributed by atoms with Crippen LogP contribution in [0.15, 0.2) is 36.4 Å². The van der Waals surface area contributed by atoms with E-state index in [1.54, 1.807) is 6.07 Å². The highest BCUT2D eigenvalue weighted by Crippen LogP contribution is 2.28. The van der Waals surface area contributed by atoms with E-state index in [4.69, 9.17) is 11.6 Å². The van der Waals surface area contributed by atoms with Crippen LogP contribution >= 0.6 is 22.9 Å². The van der Waals surface area contributed by atoms with Crippen LogP contribution in [-0.2, 0) is 13.1 Å². The Morgan fingerprint density at radius 1 is 1.30 bits per heavy atom. The number of hydrogen-bond acceptors (Lipinski definition) is 5. The van der Waals surface area contributed by atoms with Crippen LogP contribution in [0.3, 0.4) is 0 Å². The van der Waals surface area contributed by atoms with Crippen LogP contribution in [0.2, 0.25) is 5.02 Å². The van der Waals surface area contributed by atoms with Gasteiger partial charge in [0, 0.05) is 48.2 Å². The largest absolute Gasteiger partial charge is 0.465 e. The number of carbonyl (C=O) groups is 1. The molecular formula is C18H20ClN3O4S. The Hall–Kier alpha value is -2.16. The second kappa shape index (κ2) is 8.69. The maximum atomic E-state index is 11.4. The molecule has 3 rings (SSSR count). The first-order valence-corrected chi connectivity index (χ1v) is 9.81.